The van der Waals surface area contributed by atoms with E-state index in [1.54, 1.807) is 0 Å². The summed E-state index contributed by atoms with van der Waals surface area (Å²) in [6.45, 7) is 10.9. The Bertz CT molecular complexity index is 179. The molecule has 2 bridgehead atoms. The largest absolute Gasteiger partial charge is 0.315 e. The van der Waals surface area contributed by atoms with Crippen LogP contribution in [0.2, 0.25) is 0 Å². The average Bonchev–Trinajstić information content (AvgIpc) is 2.53. The van der Waals surface area contributed by atoms with Gasteiger partial charge in [-0.1, -0.05) is 13.8 Å². The topological polar surface area (TPSA) is 15.3 Å². The third kappa shape index (κ3) is 3.46. The number of hydrogen-bond donors (Lipinski definition) is 1. The monoisotopic (exact) mass is 210 g/mol. The number of likely N-dealkylation sites (tertiary alicyclic amines) is 1. The summed E-state index contributed by atoms with van der Waals surface area (Å²) in [5.41, 5.74) is 0. The van der Waals surface area contributed by atoms with Crippen LogP contribution >= 0.6 is 0 Å². The second-order valence-corrected chi connectivity index (χ2v) is 5.90. The molecule has 2 heteroatoms. The zero-order valence-corrected chi connectivity index (χ0v) is 10.3. The molecule has 2 atom stereocenters. The summed E-state index contributed by atoms with van der Waals surface area (Å²) in [4.78, 5) is 2.68. The highest BCUT2D eigenvalue weighted by Gasteiger charge is 2.32. The lowest BCUT2D eigenvalue weighted by molar-refractivity contribution is 0.168. The molecular weight excluding hydrogens is 184 g/mol. The quantitative estimate of drug-likeness (QED) is 0.698. The smallest absolute Gasteiger partial charge is 0.0107 e. The molecule has 2 nitrogen and oxygen atoms in total. The first kappa shape index (κ1) is 11.4. The van der Waals surface area contributed by atoms with Gasteiger partial charge in [-0.05, 0) is 43.6 Å². The fourth-order valence-corrected chi connectivity index (χ4v) is 3.13. The summed E-state index contributed by atoms with van der Waals surface area (Å²) in [7, 11) is 0. The number of nitrogens with one attached hydrogen (secondary N) is 1. The van der Waals surface area contributed by atoms with Gasteiger partial charge < -0.3 is 10.2 Å². The number of fused-ring (bicyclic) bond motifs is 2. The van der Waals surface area contributed by atoms with Gasteiger partial charge in [-0.15, -0.1) is 0 Å². The predicted octanol–water partition coefficient (Wildman–Crippen LogP) is 1.96. The lowest BCUT2D eigenvalue weighted by atomic mass is 9.99. The molecule has 2 unspecified atom stereocenters. The number of hydrogen-bond acceptors (Lipinski definition) is 2. The fourth-order valence-electron chi connectivity index (χ4n) is 3.13. The molecule has 1 aliphatic carbocycles. The Hall–Kier alpha value is -0.0800. The van der Waals surface area contributed by atoms with Crippen LogP contribution in [0.25, 0.3) is 0 Å². The van der Waals surface area contributed by atoms with E-state index in [0.717, 1.165) is 17.8 Å². The van der Waals surface area contributed by atoms with Gasteiger partial charge >= 0.3 is 0 Å². The van der Waals surface area contributed by atoms with Crippen molar-refractivity contribution in [1.29, 1.82) is 0 Å². The number of rotatable bonds is 5. The van der Waals surface area contributed by atoms with E-state index < -0.39 is 0 Å². The normalized spacial score (nSPS) is 31.4. The third-order valence-corrected chi connectivity index (χ3v) is 3.84. The molecule has 1 saturated heterocycles. The SMILES string of the molecule is CC(C)CNCCN1CC2CCC(C2)C1. The molecule has 2 aliphatic rings. The van der Waals surface area contributed by atoms with Gasteiger partial charge in [-0.3, -0.25) is 0 Å². The van der Waals surface area contributed by atoms with E-state index in [1.807, 2.05) is 0 Å². The molecule has 1 aliphatic heterocycles. The van der Waals surface area contributed by atoms with Crippen LogP contribution in [0.3, 0.4) is 0 Å². The molecule has 0 aromatic carbocycles. The summed E-state index contributed by atoms with van der Waals surface area (Å²) in [5, 5.41) is 3.54. The van der Waals surface area contributed by atoms with Crippen LogP contribution in [0.4, 0.5) is 0 Å². The van der Waals surface area contributed by atoms with Gasteiger partial charge in [0.25, 0.3) is 0 Å². The van der Waals surface area contributed by atoms with Gasteiger partial charge in [-0.25, -0.2) is 0 Å². The molecule has 0 radical (unpaired) electrons. The Kier molecular flexibility index (Phi) is 4.04. The lowest BCUT2D eigenvalue weighted by Gasteiger charge is -2.31. The van der Waals surface area contributed by atoms with E-state index in [1.165, 1.54) is 52.0 Å². The van der Waals surface area contributed by atoms with Crippen molar-refractivity contribution in [2.24, 2.45) is 17.8 Å². The Morgan fingerprint density at radius 1 is 1.20 bits per heavy atom. The molecule has 0 aromatic rings. The van der Waals surface area contributed by atoms with Crippen molar-refractivity contribution in [1.82, 2.24) is 10.2 Å². The number of piperidine rings is 1. The van der Waals surface area contributed by atoms with Crippen molar-refractivity contribution in [3.63, 3.8) is 0 Å². The minimum absolute atomic E-state index is 0.780. The molecule has 15 heavy (non-hydrogen) atoms. The van der Waals surface area contributed by atoms with E-state index in [-0.39, 0.29) is 0 Å². The summed E-state index contributed by atoms with van der Waals surface area (Å²) in [5.74, 6) is 2.85. The maximum absolute atomic E-state index is 3.54. The molecule has 0 spiro atoms. The van der Waals surface area contributed by atoms with Gasteiger partial charge in [0.05, 0.1) is 0 Å². The highest BCUT2D eigenvalue weighted by atomic mass is 15.2. The Labute approximate surface area is 94.4 Å². The Morgan fingerprint density at radius 2 is 1.87 bits per heavy atom. The van der Waals surface area contributed by atoms with Gasteiger partial charge in [0.1, 0.15) is 0 Å². The lowest BCUT2D eigenvalue weighted by Crippen LogP contribution is -2.40. The minimum Gasteiger partial charge on any atom is -0.315 e. The maximum Gasteiger partial charge on any atom is 0.0107 e. The summed E-state index contributed by atoms with van der Waals surface area (Å²) >= 11 is 0. The van der Waals surface area contributed by atoms with E-state index in [2.05, 4.69) is 24.1 Å². The molecule has 1 heterocycles. The van der Waals surface area contributed by atoms with Crippen LogP contribution in [-0.4, -0.2) is 37.6 Å². The number of nitrogens with zero attached hydrogens (tertiary/aromatic N) is 1. The predicted molar refractivity (Wildman–Crippen MR) is 65.0 cm³/mol. The summed E-state index contributed by atoms with van der Waals surface area (Å²) in [6.07, 6.45) is 4.52. The van der Waals surface area contributed by atoms with Crippen LogP contribution in [0.15, 0.2) is 0 Å². The molecule has 0 amide bonds. The zero-order chi connectivity index (χ0) is 10.7. The van der Waals surface area contributed by atoms with Crippen molar-refractivity contribution in [3.05, 3.63) is 0 Å². The highest BCUT2D eigenvalue weighted by Crippen LogP contribution is 2.35. The second kappa shape index (κ2) is 5.31. The molecule has 0 aromatic heterocycles. The van der Waals surface area contributed by atoms with Crippen LogP contribution in [0, 0.1) is 17.8 Å². The van der Waals surface area contributed by atoms with Gasteiger partial charge in [0, 0.05) is 26.2 Å². The van der Waals surface area contributed by atoms with Crippen molar-refractivity contribution in [2.45, 2.75) is 33.1 Å². The Morgan fingerprint density at radius 3 is 2.47 bits per heavy atom. The van der Waals surface area contributed by atoms with Crippen molar-refractivity contribution in [2.75, 3.05) is 32.7 Å². The van der Waals surface area contributed by atoms with Crippen LogP contribution < -0.4 is 5.32 Å². The molecule has 88 valence electrons. The van der Waals surface area contributed by atoms with Gasteiger partial charge in [0.15, 0.2) is 0 Å². The van der Waals surface area contributed by atoms with Crippen LogP contribution in [-0.2, 0) is 0 Å². The molecule has 2 rings (SSSR count). The fraction of sp³-hybridized carbons (Fsp3) is 1.00. The van der Waals surface area contributed by atoms with E-state index >= 15 is 0 Å². The van der Waals surface area contributed by atoms with Gasteiger partial charge in [-0.2, -0.15) is 0 Å². The van der Waals surface area contributed by atoms with E-state index in [0.29, 0.717) is 0 Å². The van der Waals surface area contributed by atoms with Crippen LogP contribution in [0.5, 0.6) is 0 Å². The van der Waals surface area contributed by atoms with Gasteiger partial charge in [0.2, 0.25) is 0 Å². The summed E-state index contributed by atoms with van der Waals surface area (Å²) in [6, 6.07) is 0. The van der Waals surface area contributed by atoms with Crippen molar-refractivity contribution >= 4 is 0 Å². The van der Waals surface area contributed by atoms with E-state index in [4.69, 9.17) is 0 Å². The average molecular weight is 210 g/mol. The first-order valence-electron chi connectivity index (χ1n) is 6.67. The molecule has 1 N–H and O–H groups in total. The first-order valence-corrected chi connectivity index (χ1v) is 6.67. The minimum atomic E-state index is 0.780. The van der Waals surface area contributed by atoms with Crippen molar-refractivity contribution in [3.8, 4) is 0 Å². The standard InChI is InChI=1S/C13H26N2/c1-11(2)8-14-5-6-15-9-12-3-4-13(7-12)10-15/h11-14H,3-10H2,1-2H3. The first-order chi connectivity index (χ1) is 7.24. The molecular formula is C13H26N2. The van der Waals surface area contributed by atoms with E-state index in [9.17, 15) is 0 Å². The van der Waals surface area contributed by atoms with Crippen LogP contribution in [0.1, 0.15) is 33.1 Å². The van der Waals surface area contributed by atoms with Crippen molar-refractivity contribution < 1.29 is 0 Å². The highest BCUT2D eigenvalue weighted by molar-refractivity contribution is 4.85. The Balaban J connectivity index is 1.59. The molecule has 1 saturated carbocycles. The maximum atomic E-state index is 3.54. The summed E-state index contributed by atoms with van der Waals surface area (Å²) < 4.78 is 0. The zero-order valence-electron chi connectivity index (χ0n) is 10.3. The second-order valence-electron chi connectivity index (χ2n) is 5.90. The molecule has 2 fully saturated rings. The third-order valence-electron chi connectivity index (χ3n) is 3.84.